The molecule has 102 valence electrons. The van der Waals surface area contributed by atoms with Crippen molar-refractivity contribution >= 4 is 27.3 Å². The van der Waals surface area contributed by atoms with Crippen molar-refractivity contribution in [3.63, 3.8) is 0 Å². The number of methoxy groups -OCH3 is 1. The zero-order valence-electron chi connectivity index (χ0n) is 11.4. The van der Waals surface area contributed by atoms with Crippen molar-refractivity contribution < 1.29 is 4.74 Å². The molecule has 1 unspecified atom stereocenters. The second-order valence-electron chi connectivity index (χ2n) is 4.29. The highest BCUT2D eigenvalue weighted by Crippen LogP contribution is 2.36. The fraction of sp³-hybridized carbons (Fsp3) is 0.333. The predicted octanol–water partition coefficient (Wildman–Crippen LogP) is 4.53. The quantitative estimate of drug-likeness (QED) is 0.864. The van der Waals surface area contributed by atoms with E-state index in [-0.39, 0.29) is 6.04 Å². The number of rotatable bonds is 5. The van der Waals surface area contributed by atoms with Crippen LogP contribution in [0.5, 0.6) is 5.75 Å². The molecule has 0 amide bonds. The van der Waals surface area contributed by atoms with Crippen molar-refractivity contribution in [3.05, 3.63) is 50.1 Å². The predicted molar refractivity (Wildman–Crippen MR) is 85.3 cm³/mol. The van der Waals surface area contributed by atoms with Gasteiger partial charge in [-0.15, -0.1) is 11.3 Å². The first kappa shape index (κ1) is 14.6. The first-order valence-corrected chi connectivity index (χ1v) is 7.90. The van der Waals surface area contributed by atoms with Crippen LogP contribution in [0, 0.1) is 6.92 Å². The molecule has 1 aromatic heterocycles. The van der Waals surface area contributed by atoms with Crippen LogP contribution in [0.1, 0.15) is 29.0 Å². The molecule has 1 heterocycles. The Morgan fingerprint density at radius 2 is 2.05 bits per heavy atom. The average molecular weight is 340 g/mol. The standard InChI is InChI=1S/C15H18BrNOS/c1-4-17-15(12-9-14(16)19-10(12)2)11-7-5-6-8-13(11)18-3/h5-9,15,17H,4H2,1-3H3. The maximum atomic E-state index is 5.49. The highest BCUT2D eigenvalue weighted by atomic mass is 79.9. The Balaban J connectivity index is 2.48. The molecule has 0 fully saturated rings. The summed E-state index contributed by atoms with van der Waals surface area (Å²) in [6.45, 7) is 5.19. The van der Waals surface area contributed by atoms with Gasteiger partial charge in [-0.25, -0.2) is 0 Å². The minimum absolute atomic E-state index is 0.170. The summed E-state index contributed by atoms with van der Waals surface area (Å²) < 4.78 is 6.66. The maximum Gasteiger partial charge on any atom is 0.123 e. The van der Waals surface area contributed by atoms with Crippen molar-refractivity contribution in [1.29, 1.82) is 0 Å². The molecule has 0 aliphatic rings. The Bertz CT molecular complexity index is 553. The van der Waals surface area contributed by atoms with Crippen molar-refractivity contribution in [1.82, 2.24) is 5.32 Å². The lowest BCUT2D eigenvalue weighted by Gasteiger charge is -2.21. The van der Waals surface area contributed by atoms with E-state index in [4.69, 9.17) is 4.74 Å². The minimum Gasteiger partial charge on any atom is -0.496 e. The summed E-state index contributed by atoms with van der Waals surface area (Å²) in [5.74, 6) is 0.926. The number of para-hydroxylation sites is 1. The summed E-state index contributed by atoms with van der Waals surface area (Å²) in [6.07, 6.45) is 0. The van der Waals surface area contributed by atoms with Gasteiger partial charge in [0.05, 0.1) is 16.9 Å². The zero-order valence-corrected chi connectivity index (χ0v) is 13.8. The number of hydrogen-bond donors (Lipinski definition) is 1. The van der Waals surface area contributed by atoms with Gasteiger partial charge in [-0.1, -0.05) is 25.1 Å². The molecular formula is C15H18BrNOS. The van der Waals surface area contributed by atoms with E-state index in [0.29, 0.717) is 0 Å². The molecule has 1 aromatic carbocycles. The summed E-state index contributed by atoms with van der Waals surface area (Å²) >= 11 is 5.34. The molecule has 2 rings (SSSR count). The lowest BCUT2D eigenvalue weighted by Crippen LogP contribution is -2.22. The van der Waals surface area contributed by atoms with Crippen molar-refractivity contribution in [3.8, 4) is 5.75 Å². The fourth-order valence-electron chi connectivity index (χ4n) is 2.24. The molecule has 2 nitrogen and oxygen atoms in total. The third-order valence-corrected chi connectivity index (χ3v) is 4.66. The second-order valence-corrected chi connectivity index (χ2v) is 6.93. The van der Waals surface area contributed by atoms with E-state index in [1.807, 2.05) is 12.1 Å². The van der Waals surface area contributed by atoms with Gasteiger partial charge in [0.1, 0.15) is 5.75 Å². The molecule has 0 bridgehead atoms. The maximum absolute atomic E-state index is 5.49. The molecule has 19 heavy (non-hydrogen) atoms. The van der Waals surface area contributed by atoms with Crippen molar-refractivity contribution in [2.45, 2.75) is 19.9 Å². The molecule has 1 N–H and O–H groups in total. The summed E-state index contributed by atoms with van der Waals surface area (Å²) in [5.41, 5.74) is 2.49. The van der Waals surface area contributed by atoms with Crippen molar-refractivity contribution in [2.75, 3.05) is 13.7 Å². The Labute approximate surface area is 126 Å². The number of nitrogens with one attached hydrogen (secondary N) is 1. The smallest absolute Gasteiger partial charge is 0.123 e. The summed E-state index contributed by atoms with van der Waals surface area (Å²) in [4.78, 5) is 1.32. The first-order chi connectivity index (χ1) is 9.17. The van der Waals surface area contributed by atoms with Crippen molar-refractivity contribution in [2.24, 2.45) is 0 Å². The lowest BCUT2D eigenvalue weighted by molar-refractivity contribution is 0.404. The van der Waals surface area contributed by atoms with E-state index < -0.39 is 0 Å². The minimum atomic E-state index is 0.170. The van der Waals surface area contributed by atoms with Gasteiger partial charge < -0.3 is 10.1 Å². The topological polar surface area (TPSA) is 21.3 Å². The van der Waals surface area contributed by atoms with E-state index in [1.54, 1.807) is 18.4 Å². The fourth-order valence-corrected chi connectivity index (χ4v) is 3.99. The van der Waals surface area contributed by atoms with Gasteiger partial charge in [0.15, 0.2) is 0 Å². The third-order valence-electron chi connectivity index (χ3n) is 3.10. The van der Waals surface area contributed by atoms with Crippen LogP contribution >= 0.6 is 27.3 Å². The summed E-state index contributed by atoms with van der Waals surface area (Å²) in [5, 5.41) is 3.55. The molecule has 0 spiro atoms. The van der Waals surface area contributed by atoms with Crippen LogP contribution in [0.15, 0.2) is 34.1 Å². The number of thiophene rings is 1. The van der Waals surface area contributed by atoms with Crippen LogP contribution < -0.4 is 10.1 Å². The van der Waals surface area contributed by atoms with E-state index in [1.165, 1.54) is 16.0 Å². The molecule has 4 heteroatoms. The average Bonchev–Trinajstić information content (AvgIpc) is 2.75. The number of aryl methyl sites for hydroxylation is 1. The Kier molecular flexibility index (Phi) is 5.02. The van der Waals surface area contributed by atoms with E-state index in [9.17, 15) is 0 Å². The van der Waals surface area contributed by atoms with Crippen LogP contribution in [0.2, 0.25) is 0 Å². The molecular weight excluding hydrogens is 322 g/mol. The number of ether oxygens (including phenoxy) is 1. The van der Waals surface area contributed by atoms with E-state index >= 15 is 0 Å². The highest BCUT2D eigenvalue weighted by molar-refractivity contribution is 9.11. The second kappa shape index (κ2) is 6.55. The molecule has 2 aromatic rings. The molecule has 0 saturated heterocycles. The lowest BCUT2D eigenvalue weighted by atomic mass is 9.98. The van der Waals surface area contributed by atoms with Gasteiger partial charge in [0.25, 0.3) is 0 Å². The van der Waals surface area contributed by atoms with Crippen LogP contribution in [0.3, 0.4) is 0 Å². The van der Waals surface area contributed by atoms with Crippen LogP contribution in [0.25, 0.3) is 0 Å². The number of halogens is 1. The zero-order chi connectivity index (χ0) is 13.8. The van der Waals surface area contributed by atoms with Gasteiger partial charge in [-0.05, 0) is 47.1 Å². The monoisotopic (exact) mass is 339 g/mol. The van der Waals surface area contributed by atoms with E-state index in [2.05, 4.69) is 53.3 Å². The molecule has 0 aliphatic heterocycles. The van der Waals surface area contributed by atoms with Crippen LogP contribution in [-0.4, -0.2) is 13.7 Å². The van der Waals surface area contributed by atoms with Crippen LogP contribution in [-0.2, 0) is 0 Å². The number of benzene rings is 1. The third kappa shape index (κ3) is 3.19. The Morgan fingerprint density at radius 3 is 2.63 bits per heavy atom. The van der Waals surface area contributed by atoms with Gasteiger partial charge in [-0.3, -0.25) is 0 Å². The van der Waals surface area contributed by atoms with E-state index in [0.717, 1.165) is 16.1 Å². The summed E-state index contributed by atoms with van der Waals surface area (Å²) in [6, 6.07) is 10.6. The van der Waals surface area contributed by atoms with Gasteiger partial charge in [0.2, 0.25) is 0 Å². The van der Waals surface area contributed by atoms with Gasteiger partial charge in [-0.2, -0.15) is 0 Å². The molecule has 0 saturated carbocycles. The SMILES string of the molecule is CCNC(c1ccccc1OC)c1cc(Br)sc1C. The summed E-state index contributed by atoms with van der Waals surface area (Å²) in [7, 11) is 1.72. The number of hydrogen-bond acceptors (Lipinski definition) is 3. The van der Waals surface area contributed by atoms with Gasteiger partial charge >= 0.3 is 0 Å². The van der Waals surface area contributed by atoms with Crippen LogP contribution in [0.4, 0.5) is 0 Å². The molecule has 0 radical (unpaired) electrons. The highest BCUT2D eigenvalue weighted by Gasteiger charge is 2.20. The molecule has 1 atom stereocenters. The van der Waals surface area contributed by atoms with Gasteiger partial charge in [0, 0.05) is 10.4 Å². The Morgan fingerprint density at radius 1 is 1.32 bits per heavy atom. The first-order valence-electron chi connectivity index (χ1n) is 6.29. The molecule has 0 aliphatic carbocycles. The largest absolute Gasteiger partial charge is 0.496 e. The Hall–Kier alpha value is -0.840. The normalized spacial score (nSPS) is 12.4.